The smallest absolute Gasteiger partial charge is 0.126 e. The molecule has 110 valence electrons. The third kappa shape index (κ3) is 3.30. The quantitative estimate of drug-likeness (QED) is 0.893. The van der Waals surface area contributed by atoms with Crippen molar-refractivity contribution >= 4 is 0 Å². The fourth-order valence-electron chi connectivity index (χ4n) is 3.11. The summed E-state index contributed by atoms with van der Waals surface area (Å²) in [5.41, 5.74) is 3.45. The molecule has 1 nitrogen and oxygen atoms in total. The molecular weight excluding hydrogens is 268 g/mol. The van der Waals surface area contributed by atoms with Crippen LogP contribution < -0.4 is 5.32 Å². The van der Waals surface area contributed by atoms with Gasteiger partial charge in [0.25, 0.3) is 0 Å². The Hall–Kier alpha value is -1.74. The van der Waals surface area contributed by atoms with Crippen LogP contribution in [-0.2, 0) is 12.8 Å². The number of halogens is 2. The number of hydrogen-bond acceptors (Lipinski definition) is 1. The fourth-order valence-corrected chi connectivity index (χ4v) is 3.11. The van der Waals surface area contributed by atoms with Crippen molar-refractivity contribution in [2.75, 3.05) is 0 Å². The van der Waals surface area contributed by atoms with Crippen LogP contribution >= 0.6 is 0 Å². The Morgan fingerprint density at radius 1 is 1.05 bits per heavy atom. The Morgan fingerprint density at radius 2 is 1.71 bits per heavy atom. The number of hydrogen-bond donors (Lipinski definition) is 1. The minimum absolute atomic E-state index is 0.0644. The highest BCUT2D eigenvalue weighted by Crippen LogP contribution is 2.24. The van der Waals surface area contributed by atoms with Crippen LogP contribution in [0.15, 0.2) is 42.5 Å². The minimum Gasteiger partial charge on any atom is -0.307 e. The van der Waals surface area contributed by atoms with Crippen LogP contribution in [0.3, 0.4) is 0 Å². The van der Waals surface area contributed by atoms with Gasteiger partial charge in [0.15, 0.2) is 0 Å². The maximum absolute atomic E-state index is 13.3. The lowest BCUT2D eigenvalue weighted by Crippen LogP contribution is -2.36. The predicted molar refractivity (Wildman–Crippen MR) is 80.2 cm³/mol. The normalized spacial score (nSPS) is 19.1. The Labute approximate surface area is 124 Å². The molecule has 0 aromatic heterocycles. The SMILES string of the molecule is CC(NC1CCc2ccccc2C1)c1cc(F)cc(F)c1. The zero-order valence-electron chi connectivity index (χ0n) is 12.1. The van der Waals surface area contributed by atoms with E-state index in [1.54, 1.807) is 0 Å². The van der Waals surface area contributed by atoms with Crippen molar-refractivity contribution < 1.29 is 8.78 Å². The van der Waals surface area contributed by atoms with Crippen LogP contribution in [0.4, 0.5) is 8.78 Å². The molecule has 3 heteroatoms. The van der Waals surface area contributed by atoms with E-state index in [4.69, 9.17) is 0 Å². The van der Waals surface area contributed by atoms with Gasteiger partial charge in [0.1, 0.15) is 11.6 Å². The van der Waals surface area contributed by atoms with Gasteiger partial charge < -0.3 is 5.32 Å². The zero-order valence-corrected chi connectivity index (χ0v) is 12.1. The van der Waals surface area contributed by atoms with Gasteiger partial charge in [-0.3, -0.25) is 0 Å². The molecule has 0 radical (unpaired) electrons. The largest absolute Gasteiger partial charge is 0.307 e. The van der Waals surface area contributed by atoms with Crippen molar-refractivity contribution in [3.63, 3.8) is 0 Å². The third-order valence-corrected chi connectivity index (χ3v) is 4.22. The summed E-state index contributed by atoms with van der Waals surface area (Å²) < 4.78 is 26.6. The van der Waals surface area contributed by atoms with Gasteiger partial charge in [-0.15, -0.1) is 0 Å². The first-order chi connectivity index (χ1) is 10.1. The molecule has 1 aliphatic carbocycles. The monoisotopic (exact) mass is 287 g/mol. The molecule has 3 rings (SSSR count). The number of nitrogens with one attached hydrogen (secondary N) is 1. The molecule has 1 aliphatic rings. The van der Waals surface area contributed by atoms with Crippen molar-refractivity contribution in [2.24, 2.45) is 0 Å². The Bertz CT molecular complexity index is 619. The predicted octanol–water partition coefficient (Wildman–Crippen LogP) is 4.17. The highest BCUT2D eigenvalue weighted by molar-refractivity contribution is 5.30. The Morgan fingerprint density at radius 3 is 2.43 bits per heavy atom. The molecule has 2 unspecified atom stereocenters. The lowest BCUT2D eigenvalue weighted by molar-refractivity contribution is 0.411. The molecule has 0 fully saturated rings. The van der Waals surface area contributed by atoms with Gasteiger partial charge in [0.05, 0.1) is 0 Å². The molecule has 21 heavy (non-hydrogen) atoms. The standard InChI is InChI=1S/C18H19F2N/c1-12(15-8-16(19)11-17(20)9-15)21-18-7-6-13-4-2-3-5-14(13)10-18/h2-5,8-9,11-12,18,21H,6-7,10H2,1H3. The minimum atomic E-state index is -0.521. The zero-order chi connectivity index (χ0) is 14.8. The molecule has 0 saturated carbocycles. The van der Waals surface area contributed by atoms with Crippen molar-refractivity contribution in [2.45, 2.75) is 38.3 Å². The second-order valence-corrected chi connectivity index (χ2v) is 5.80. The van der Waals surface area contributed by atoms with Crippen LogP contribution in [0.25, 0.3) is 0 Å². The van der Waals surface area contributed by atoms with Crippen molar-refractivity contribution in [3.8, 4) is 0 Å². The average molecular weight is 287 g/mol. The van der Waals surface area contributed by atoms with Gasteiger partial charge in [-0.1, -0.05) is 24.3 Å². The summed E-state index contributed by atoms with van der Waals surface area (Å²) in [7, 11) is 0. The lowest BCUT2D eigenvalue weighted by Gasteiger charge is -2.28. The second kappa shape index (κ2) is 5.94. The third-order valence-electron chi connectivity index (χ3n) is 4.22. The number of fused-ring (bicyclic) bond motifs is 1. The van der Waals surface area contributed by atoms with Gasteiger partial charge >= 0.3 is 0 Å². The van der Waals surface area contributed by atoms with E-state index in [1.807, 2.05) is 6.92 Å². The van der Waals surface area contributed by atoms with E-state index in [-0.39, 0.29) is 6.04 Å². The molecule has 0 spiro atoms. The van der Waals surface area contributed by atoms with Crippen molar-refractivity contribution in [3.05, 3.63) is 70.8 Å². The maximum Gasteiger partial charge on any atom is 0.126 e. The molecule has 0 saturated heterocycles. The summed E-state index contributed by atoms with van der Waals surface area (Å²) in [6.45, 7) is 1.95. The molecule has 1 N–H and O–H groups in total. The average Bonchev–Trinajstić information content (AvgIpc) is 2.46. The summed E-state index contributed by atoms with van der Waals surface area (Å²) >= 11 is 0. The number of benzene rings is 2. The van der Waals surface area contributed by atoms with E-state index in [1.165, 1.54) is 23.3 Å². The van der Waals surface area contributed by atoms with Gasteiger partial charge in [0, 0.05) is 18.2 Å². The van der Waals surface area contributed by atoms with E-state index in [0.717, 1.165) is 25.3 Å². The first kappa shape index (κ1) is 14.2. The topological polar surface area (TPSA) is 12.0 Å². The van der Waals surface area contributed by atoms with Gasteiger partial charge in [-0.25, -0.2) is 8.78 Å². The number of rotatable bonds is 3. The molecule has 2 aromatic carbocycles. The van der Waals surface area contributed by atoms with E-state index >= 15 is 0 Å². The Kier molecular flexibility index (Phi) is 4.02. The first-order valence-electron chi connectivity index (χ1n) is 7.40. The van der Waals surface area contributed by atoms with Crippen LogP contribution in [-0.4, -0.2) is 6.04 Å². The molecule has 0 aliphatic heterocycles. The van der Waals surface area contributed by atoms with E-state index in [2.05, 4.69) is 29.6 Å². The lowest BCUT2D eigenvalue weighted by atomic mass is 9.88. The highest BCUT2D eigenvalue weighted by atomic mass is 19.1. The maximum atomic E-state index is 13.3. The Balaban J connectivity index is 1.70. The van der Waals surface area contributed by atoms with Crippen LogP contribution in [0.2, 0.25) is 0 Å². The summed E-state index contributed by atoms with van der Waals surface area (Å²) in [6, 6.07) is 12.5. The van der Waals surface area contributed by atoms with E-state index < -0.39 is 11.6 Å². The summed E-state index contributed by atoms with van der Waals surface area (Å²) in [5.74, 6) is -1.04. The van der Waals surface area contributed by atoms with Gasteiger partial charge in [-0.2, -0.15) is 0 Å². The molecule has 2 aromatic rings. The molecular formula is C18H19F2N. The van der Waals surface area contributed by atoms with Crippen LogP contribution in [0, 0.1) is 11.6 Å². The summed E-state index contributed by atoms with van der Waals surface area (Å²) in [5, 5.41) is 3.50. The first-order valence-corrected chi connectivity index (χ1v) is 7.40. The summed E-state index contributed by atoms with van der Waals surface area (Å²) in [6.07, 6.45) is 3.08. The number of aryl methyl sites for hydroxylation is 1. The second-order valence-electron chi connectivity index (χ2n) is 5.80. The molecule has 0 heterocycles. The summed E-state index contributed by atoms with van der Waals surface area (Å²) in [4.78, 5) is 0. The molecule has 2 atom stereocenters. The fraction of sp³-hybridized carbons (Fsp3) is 0.333. The van der Waals surface area contributed by atoms with Gasteiger partial charge in [-0.05, 0) is 55.0 Å². The van der Waals surface area contributed by atoms with Gasteiger partial charge in [0.2, 0.25) is 0 Å². The molecule has 0 bridgehead atoms. The van der Waals surface area contributed by atoms with Crippen LogP contribution in [0.1, 0.15) is 36.1 Å². The van der Waals surface area contributed by atoms with Crippen LogP contribution in [0.5, 0.6) is 0 Å². The van der Waals surface area contributed by atoms with Crippen molar-refractivity contribution in [1.82, 2.24) is 5.32 Å². The van der Waals surface area contributed by atoms with E-state index in [9.17, 15) is 8.78 Å². The molecule has 0 amide bonds. The van der Waals surface area contributed by atoms with E-state index in [0.29, 0.717) is 11.6 Å². The van der Waals surface area contributed by atoms with Crippen molar-refractivity contribution in [1.29, 1.82) is 0 Å². The highest BCUT2D eigenvalue weighted by Gasteiger charge is 2.20.